The quantitative estimate of drug-likeness (QED) is 0.905. The fourth-order valence-corrected chi connectivity index (χ4v) is 2.49. The summed E-state index contributed by atoms with van der Waals surface area (Å²) in [6.45, 7) is 0.153. The number of carboxylic acid groups (broad SMARTS) is 1. The number of benzene rings is 1. The second-order valence-corrected chi connectivity index (χ2v) is 4.90. The molecule has 1 fully saturated rings. The molecule has 1 aromatic rings. The number of aliphatic carboxylic acids is 1. The predicted octanol–water partition coefficient (Wildman–Crippen LogP) is 2.29. The van der Waals surface area contributed by atoms with Gasteiger partial charge in [-0.15, -0.1) is 0 Å². The number of carbonyl (C=O) groups is 1. The number of ether oxygens (including phenoxy) is 2. The van der Waals surface area contributed by atoms with Gasteiger partial charge < -0.3 is 14.6 Å². The molecule has 1 aromatic carbocycles. The van der Waals surface area contributed by atoms with Crippen molar-refractivity contribution in [1.29, 1.82) is 0 Å². The molecule has 3 rings (SSSR count). The van der Waals surface area contributed by atoms with Crippen LogP contribution < -0.4 is 9.47 Å². The molecule has 0 radical (unpaired) electrons. The van der Waals surface area contributed by atoms with E-state index < -0.39 is 11.4 Å². The highest BCUT2D eigenvalue weighted by atomic mass is 79.9. The Kier molecular flexibility index (Phi) is 1.95. The van der Waals surface area contributed by atoms with Crippen molar-refractivity contribution >= 4 is 21.9 Å². The average molecular weight is 285 g/mol. The maximum absolute atomic E-state index is 11.3. The van der Waals surface area contributed by atoms with Crippen LogP contribution in [-0.2, 0) is 10.2 Å². The first kappa shape index (κ1) is 9.96. The summed E-state index contributed by atoms with van der Waals surface area (Å²) in [5.74, 6) is 0.409. The molecule has 1 aliphatic heterocycles. The van der Waals surface area contributed by atoms with Crippen LogP contribution in [0.25, 0.3) is 0 Å². The third-order valence-electron chi connectivity index (χ3n) is 3.15. The van der Waals surface area contributed by atoms with Crippen LogP contribution >= 0.6 is 15.9 Å². The largest absolute Gasteiger partial charge is 0.481 e. The zero-order valence-corrected chi connectivity index (χ0v) is 9.91. The van der Waals surface area contributed by atoms with Gasteiger partial charge in [-0.1, -0.05) is 6.07 Å². The zero-order valence-electron chi connectivity index (χ0n) is 8.33. The van der Waals surface area contributed by atoms with Crippen molar-refractivity contribution in [3.63, 3.8) is 0 Å². The summed E-state index contributed by atoms with van der Waals surface area (Å²) in [5.41, 5.74) is -0.0194. The number of fused-ring (bicyclic) bond motifs is 1. The molecule has 1 saturated carbocycles. The smallest absolute Gasteiger partial charge is 0.314 e. The monoisotopic (exact) mass is 284 g/mol. The second kappa shape index (κ2) is 3.13. The van der Waals surface area contributed by atoms with Gasteiger partial charge in [0, 0.05) is 5.56 Å². The van der Waals surface area contributed by atoms with Crippen LogP contribution in [0.5, 0.6) is 11.5 Å². The van der Waals surface area contributed by atoms with E-state index in [0.29, 0.717) is 24.3 Å². The maximum atomic E-state index is 11.3. The zero-order chi connectivity index (χ0) is 11.3. The van der Waals surface area contributed by atoms with E-state index in [2.05, 4.69) is 15.9 Å². The van der Waals surface area contributed by atoms with Crippen molar-refractivity contribution in [1.82, 2.24) is 0 Å². The van der Waals surface area contributed by atoms with Gasteiger partial charge in [0.15, 0.2) is 11.5 Å². The van der Waals surface area contributed by atoms with Crippen molar-refractivity contribution in [3.05, 3.63) is 22.2 Å². The van der Waals surface area contributed by atoms with E-state index >= 15 is 0 Å². The lowest BCUT2D eigenvalue weighted by atomic mass is 9.95. The van der Waals surface area contributed by atoms with Crippen molar-refractivity contribution in [2.75, 3.05) is 6.79 Å². The van der Waals surface area contributed by atoms with Crippen molar-refractivity contribution in [2.45, 2.75) is 18.3 Å². The Morgan fingerprint density at radius 3 is 2.62 bits per heavy atom. The normalized spacial score (nSPS) is 19.6. The molecule has 16 heavy (non-hydrogen) atoms. The van der Waals surface area contributed by atoms with E-state index in [1.54, 1.807) is 6.07 Å². The maximum Gasteiger partial charge on any atom is 0.314 e. The Labute approximate surface area is 100 Å². The van der Waals surface area contributed by atoms with Crippen LogP contribution in [0.2, 0.25) is 0 Å². The lowest BCUT2D eigenvalue weighted by Gasteiger charge is -2.13. The molecule has 2 aliphatic rings. The molecule has 0 bridgehead atoms. The first-order valence-electron chi connectivity index (χ1n) is 4.97. The van der Waals surface area contributed by atoms with Gasteiger partial charge in [-0.2, -0.15) is 0 Å². The summed E-state index contributed by atoms with van der Waals surface area (Å²) in [6, 6.07) is 3.62. The lowest BCUT2D eigenvalue weighted by Crippen LogP contribution is -2.20. The summed E-state index contributed by atoms with van der Waals surface area (Å²) in [5, 5.41) is 9.25. The number of hydrogen-bond acceptors (Lipinski definition) is 3. The summed E-state index contributed by atoms with van der Waals surface area (Å²) in [6.07, 6.45) is 1.33. The molecule has 84 valence electrons. The van der Waals surface area contributed by atoms with Crippen LogP contribution in [0, 0.1) is 0 Å². The molecule has 1 aliphatic carbocycles. The predicted molar refractivity (Wildman–Crippen MR) is 58.8 cm³/mol. The molecule has 0 spiro atoms. The molecule has 1 heterocycles. The van der Waals surface area contributed by atoms with Gasteiger partial charge >= 0.3 is 5.97 Å². The van der Waals surface area contributed by atoms with E-state index in [9.17, 15) is 9.90 Å². The van der Waals surface area contributed by atoms with E-state index in [1.807, 2.05) is 6.07 Å². The van der Waals surface area contributed by atoms with Gasteiger partial charge in [0.25, 0.3) is 0 Å². The minimum absolute atomic E-state index is 0.153. The summed E-state index contributed by atoms with van der Waals surface area (Å²) in [4.78, 5) is 11.3. The summed E-state index contributed by atoms with van der Waals surface area (Å²) in [7, 11) is 0. The van der Waals surface area contributed by atoms with Crippen LogP contribution in [-0.4, -0.2) is 17.9 Å². The minimum atomic E-state index is -0.785. The highest BCUT2D eigenvalue weighted by Crippen LogP contribution is 2.55. The molecule has 0 unspecified atom stereocenters. The van der Waals surface area contributed by atoms with Crippen molar-refractivity contribution < 1.29 is 19.4 Å². The Hall–Kier alpha value is -1.23. The highest BCUT2D eigenvalue weighted by molar-refractivity contribution is 9.10. The Bertz CT molecular complexity index is 479. The van der Waals surface area contributed by atoms with Crippen LogP contribution in [0.3, 0.4) is 0 Å². The highest BCUT2D eigenvalue weighted by Gasteiger charge is 2.54. The first-order chi connectivity index (χ1) is 7.65. The Balaban J connectivity index is 2.16. The fourth-order valence-electron chi connectivity index (χ4n) is 2.06. The molecule has 0 atom stereocenters. The molecule has 5 heteroatoms. The van der Waals surface area contributed by atoms with Crippen LogP contribution in [0.4, 0.5) is 0 Å². The summed E-state index contributed by atoms with van der Waals surface area (Å²) >= 11 is 3.35. The number of halogens is 1. The molecule has 0 saturated heterocycles. The summed E-state index contributed by atoms with van der Waals surface area (Å²) < 4.78 is 11.5. The van der Waals surface area contributed by atoms with E-state index in [1.165, 1.54) is 0 Å². The van der Waals surface area contributed by atoms with E-state index in [4.69, 9.17) is 9.47 Å². The number of carboxylic acids is 1. The van der Waals surface area contributed by atoms with Gasteiger partial charge in [-0.3, -0.25) is 4.79 Å². The Morgan fingerprint density at radius 1 is 1.31 bits per heavy atom. The Morgan fingerprint density at radius 2 is 2.00 bits per heavy atom. The third-order valence-corrected chi connectivity index (χ3v) is 3.77. The van der Waals surface area contributed by atoms with Gasteiger partial charge in [-0.25, -0.2) is 0 Å². The van der Waals surface area contributed by atoms with Crippen molar-refractivity contribution in [2.24, 2.45) is 0 Å². The van der Waals surface area contributed by atoms with Crippen LogP contribution in [0.1, 0.15) is 18.4 Å². The fraction of sp³-hybridized carbons (Fsp3) is 0.364. The topological polar surface area (TPSA) is 55.8 Å². The van der Waals surface area contributed by atoms with Gasteiger partial charge in [-0.05, 0) is 34.8 Å². The van der Waals surface area contributed by atoms with E-state index in [0.717, 1.165) is 10.0 Å². The molecule has 0 aromatic heterocycles. The number of hydrogen-bond donors (Lipinski definition) is 1. The van der Waals surface area contributed by atoms with Gasteiger partial charge in [0.1, 0.15) is 0 Å². The number of rotatable bonds is 2. The minimum Gasteiger partial charge on any atom is -0.481 e. The standard InChI is InChI=1S/C11H9BrO4/c12-7-2-1-6(8-9(7)16-5-15-8)11(3-4-11)10(13)14/h1-2H,3-5H2,(H,13,14). The average Bonchev–Trinajstić information content (AvgIpc) is 2.90. The lowest BCUT2D eigenvalue weighted by molar-refractivity contribution is -0.140. The third kappa shape index (κ3) is 1.18. The van der Waals surface area contributed by atoms with Gasteiger partial charge in [0.05, 0.1) is 9.89 Å². The SMILES string of the molecule is O=C(O)C1(c2ccc(Br)c3c2OCO3)CC1. The molecular formula is C11H9BrO4. The molecular weight excluding hydrogens is 276 g/mol. The molecule has 0 amide bonds. The second-order valence-electron chi connectivity index (χ2n) is 4.05. The first-order valence-corrected chi connectivity index (χ1v) is 5.76. The van der Waals surface area contributed by atoms with Crippen LogP contribution in [0.15, 0.2) is 16.6 Å². The van der Waals surface area contributed by atoms with E-state index in [-0.39, 0.29) is 6.79 Å². The molecule has 4 nitrogen and oxygen atoms in total. The molecule has 1 N–H and O–H groups in total. The van der Waals surface area contributed by atoms with Crippen molar-refractivity contribution in [3.8, 4) is 11.5 Å². The van der Waals surface area contributed by atoms with Gasteiger partial charge in [0.2, 0.25) is 6.79 Å².